The van der Waals surface area contributed by atoms with Crippen LogP contribution in [0.15, 0.2) is 42.6 Å². The number of fused-ring (bicyclic) bond motifs is 2. The number of para-hydroxylation sites is 1. The van der Waals surface area contributed by atoms with Gasteiger partial charge in [0.2, 0.25) is 12.5 Å². The molecule has 1 saturated carbocycles. The van der Waals surface area contributed by atoms with Crippen LogP contribution < -0.4 is 15.5 Å². The summed E-state index contributed by atoms with van der Waals surface area (Å²) < 4.78 is 11.5. The fourth-order valence-corrected chi connectivity index (χ4v) is 4.39. The van der Waals surface area contributed by atoms with Crippen molar-refractivity contribution in [2.45, 2.75) is 44.0 Å². The maximum atomic E-state index is 10.8. The highest BCUT2D eigenvalue weighted by Crippen LogP contribution is 2.30. The number of rotatable bonds is 6. The SMILES string of the molecule is O=[N+]([O-])CC1OB(O)c2cc(Nc3ncc4cccc(OC5CCC(O)CC5)c4n3)ccc21. The summed E-state index contributed by atoms with van der Waals surface area (Å²) in [4.78, 5) is 19.4. The molecule has 1 aromatic heterocycles. The molecule has 2 aliphatic rings. The van der Waals surface area contributed by atoms with E-state index in [1.54, 1.807) is 24.4 Å². The van der Waals surface area contributed by atoms with Crippen LogP contribution in [0.4, 0.5) is 11.6 Å². The quantitative estimate of drug-likeness (QED) is 0.293. The van der Waals surface area contributed by atoms with Crippen LogP contribution in [-0.2, 0) is 4.65 Å². The summed E-state index contributed by atoms with van der Waals surface area (Å²) >= 11 is 0. The Balaban J connectivity index is 1.37. The van der Waals surface area contributed by atoms with E-state index in [1.807, 2.05) is 18.2 Å². The molecule has 0 radical (unpaired) electrons. The van der Waals surface area contributed by atoms with Crippen LogP contribution >= 0.6 is 0 Å². The predicted octanol–water partition coefficient (Wildman–Crippen LogP) is 2.09. The van der Waals surface area contributed by atoms with Crippen LogP contribution in [0.1, 0.15) is 37.4 Å². The Bertz CT molecular complexity index is 1190. The summed E-state index contributed by atoms with van der Waals surface area (Å²) in [6.45, 7) is -0.409. The predicted molar refractivity (Wildman–Crippen MR) is 121 cm³/mol. The van der Waals surface area contributed by atoms with Crippen molar-refractivity contribution in [2.75, 3.05) is 11.9 Å². The lowest BCUT2D eigenvalue weighted by atomic mass is 9.79. The lowest BCUT2D eigenvalue weighted by Gasteiger charge is -2.26. The Morgan fingerprint density at radius 2 is 2.06 bits per heavy atom. The molecule has 2 heterocycles. The molecule has 0 saturated heterocycles. The number of hydrogen-bond donors (Lipinski definition) is 3. The van der Waals surface area contributed by atoms with E-state index in [2.05, 4.69) is 15.3 Å². The molecular weight excluding hydrogens is 427 g/mol. The van der Waals surface area contributed by atoms with Crippen LogP contribution in [0.3, 0.4) is 0 Å². The first-order chi connectivity index (χ1) is 16.0. The molecule has 0 bridgehead atoms. The van der Waals surface area contributed by atoms with E-state index in [-0.39, 0.29) is 12.2 Å². The van der Waals surface area contributed by atoms with Gasteiger partial charge in [0.15, 0.2) is 0 Å². The molecule has 170 valence electrons. The molecule has 0 spiro atoms. The van der Waals surface area contributed by atoms with Crippen LogP contribution in [0.5, 0.6) is 5.75 Å². The van der Waals surface area contributed by atoms with Gasteiger partial charge in [0.05, 0.1) is 12.2 Å². The van der Waals surface area contributed by atoms with Gasteiger partial charge in [-0.05, 0) is 54.9 Å². The zero-order valence-corrected chi connectivity index (χ0v) is 17.8. The number of nitrogens with zero attached hydrogens (tertiary/aromatic N) is 3. The topological polar surface area (TPSA) is 140 Å². The average molecular weight is 450 g/mol. The smallest absolute Gasteiger partial charge is 0.488 e. The molecule has 1 aliphatic carbocycles. The normalized spacial score (nSPS) is 22.2. The van der Waals surface area contributed by atoms with Gasteiger partial charge in [-0.25, -0.2) is 9.97 Å². The second-order valence-electron chi connectivity index (χ2n) is 8.40. The monoisotopic (exact) mass is 450 g/mol. The summed E-state index contributed by atoms with van der Waals surface area (Å²) in [5.41, 5.74) is 2.38. The van der Waals surface area contributed by atoms with E-state index in [4.69, 9.17) is 9.39 Å². The Labute approximate surface area is 189 Å². The molecule has 3 aromatic rings. The van der Waals surface area contributed by atoms with Crippen molar-refractivity contribution in [3.05, 3.63) is 58.3 Å². The maximum Gasteiger partial charge on any atom is 0.492 e. The number of nitro groups is 1. The molecule has 3 N–H and O–H groups in total. The van der Waals surface area contributed by atoms with Gasteiger partial charge in [-0.3, -0.25) is 10.1 Å². The van der Waals surface area contributed by atoms with Gasteiger partial charge in [0.1, 0.15) is 17.4 Å². The first kappa shape index (κ1) is 21.6. The molecule has 2 aromatic carbocycles. The molecule has 5 rings (SSSR count). The van der Waals surface area contributed by atoms with E-state index in [1.165, 1.54) is 0 Å². The van der Waals surface area contributed by atoms with Gasteiger partial charge in [-0.1, -0.05) is 18.2 Å². The van der Waals surface area contributed by atoms with Crippen LogP contribution in [0.2, 0.25) is 0 Å². The van der Waals surface area contributed by atoms with Crippen molar-refractivity contribution in [2.24, 2.45) is 0 Å². The Morgan fingerprint density at radius 3 is 2.85 bits per heavy atom. The zero-order valence-electron chi connectivity index (χ0n) is 17.8. The first-order valence-electron chi connectivity index (χ1n) is 10.9. The van der Waals surface area contributed by atoms with Crippen molar-refractivity contribution < 1.29 is 24.4 Å². The Morgan fingerprint density at radius 1 is 1.24 bits per heavy atom. The van der Waals surface area contributed by atoms with Gasteiger partial charge >= 0.3 is 7.12 Å². The molecule has 1 fully saturated rings. The molecule has 33 heavy (non-hydrogen) atoms. The van der Waals surface area contributed by atoms with E-state index >= 15 is 0 Å². The number of nitrogens with one attached hydrogen (secondary N) is 1. The minimum absolute atomic E-state index is 0.0377. The van der Waals surface area contributed by atoms with Gasteiger partial charge in [-0.2, -0.15) is 0 Å². The van der Waals surface area contributed by atoms with Crippen molar-refractivity contribution in [1.29, 1.82) is 0 Å². The van der Waals surface area contributed by atoms with Crippen molar-refractivity contribution in [3.8, 4) is 5.75 Å². The summed E-state index contributed by atoms with van der Waals surface area (Å²) in [6.07, 6.45) is 3.77. The fraction of sp³-hybridized carbons (Fsp3) is 0.364. The van der Waals surface area contributed by atoms with Crippen molar-refractivity contribution in [3.63, 3.8) is 0 Å². The van der Waals surface area contributed by atoms with Gasteiger partial charge in [0, 0.05) is 22.2 Å². The van der Waals surface area contributed by atoms with Gasteiger partial charge in [0.25, 0.3) is 0 Å². The number of aromatic nitrogens is 2. The second-order valence-corrected chi connectivity index (χ2v) is 8.40. The number of aliphatic hydroxyl groups is 1. The summed E-state index contributed by atoms with van der Waals surface area (Å²) in [5.74, 6) is 1.02. The lowest BCUT2D eigenvalue weighted by molar-refractivity contribution is -0.490. The van der Waals surface area contributed by atoms with Crippen LogP contribution in [0.25, 0.3) is 10.9 Å². The van der Waals surface area contributed by atoms with E-state index in [0.29, 0.717) is 33.9 Å². The fourth-order valence-electron chi connectivity index (χ4n) is 4.39. The third-order valence-electron chi connectivity index (χ3n) is 6.08. The largest absolute Gasteiger partial charge is 0.492 e. The highest BCUT2D eigenvalue weighted by Gasteiger charge is 2.37. The van der Waals surface area contributed by atoms with Crippen molar-refractivity contribution >= 4 is 35.1 Å². The highest BCUT2D eigenvalue weighted by atomic mass is 16.6. The lowest BCUT2D eigenvalue weighted by Crippen LogP contribution is -2.28. The summed E-state index contributed by atoms with van der Waals surface area (Å²) in [6, 6.07) is 10.8. The van der Waals surface area contributed by atoms with Gasteiger partial charge < -0.3 is 24.8 Å². The highest BCUT2D eigenvalue weighted by molar-refractivity contribution is 6.61. The van der Waals surface area contributed by atoms with Gasteiger partial charge in [-0.15, -0.1) is 0 Å². The first-order valence-corrected chi connectivity index (χ1v) is 10.9. The minimum atomic E-state index is -1.22. The third-order valence-corrected chi connectivity index (χ3v) is 6.08. The number of aliphatic hydroxyl groups excluding tert-OH is 1. The molecule has 0 amide bonds. The van der Waals surface area contributed by atoms with Crippen molar-refractivity contribution in [1.82, 2.24) is 9.97 Å². The number of hydrogen-bond acceptors (Lipinski definition) is 9. The zero-order chi connectivity index (χ0) is 22.9. The Hall–Kier alpha value is -3.28. The number of benzene rings is 2. The standard InChI is InChI=1S/C22H23BN4O6/c28-15-5-7-16(8-6-15)32-19-3-1-2-13-11-24-22(26-21(13)19)25-14-4-9-17-18(10-14)23(29)33-20(17)12-27(30)31/h1-4,9-11,15-16,20,28-29H,5-8,12H2,(H,24,25,26). The molecule has 10 nitrogen and oxygen atoms in total. The van der Waals surface area contributed by atoms with Crippen LogP contribution in [-0.4, -0.2) is 50.9 Å². The van der Waals surface area contributed by atoms with E-state index in [9.17, 15) is 20.2 Å². The second kappa shape index (κ2) is 8.93. The molecule has 1 atom stereocenters. The number of ether oxygens (including phenoxy) is 1. The molecule has 1 unspecified atom stereocenters. The molecule has 1 aliphatic heterocycles. The number of anilines is 2. The maximum absolute atomic E-state index is 10.8. The third kappa shape index (κ3) is 4.61. The summed E-state index contributed by atoms with van der Waals surface area (Å²) in [5, 5.41) is 34.7. The molecular formula is C22H23BN4O6. The minimum Gasteiger partial charge on any atom is -0.488 e. The Kier molecular flexibility index (Phi) is 5.84. The van der Waals surface area contributed by atoms with E-state index < -0.39 is 24.7 Å². The summed E-state index contributed by atoms with van der Waals surface area (Å²) in [7, 11) is -1.22. The van der Waals surface area contributed by atoms with E-state index in [0.717, 1.165) is 31.1 Å². The van der Waals surface area contributed by atoms with Crippen LogP contribution in [0, 0.1) is 10.1 Å². The average Bonchev–Trinajstić information content (AvgIpc) is 3.10. The molecule has 11 heteroatoms.